The molecule has 13 heavy (non-hydrogen) atoms. The third-order valence-corrected chi connectivity index (χ3v) is 2.44. The van der Waals surface area contributed by atoms with Gasteiger partial charge in [-0.05, 0) is 34.1 Å². The first kappa shape index (κ1) is 8.44. The van der Waals surface area contributed by atoms with Crippen LogP contribution in [-0.4, -0.2) is 4.40 Å². The minimum Gasteiger partial charge on any atom is -0.283 e. The minimum absolute atomic E-state index is 0.168. The molecule has 0 N–H and O–H groups in total. The molecule has 0 saturated carbocycles. The third kappa shape index (κ3) is 1.37. The van der Waals surface area contributed by atoms with Crippen molar-refractivity contribution in [2.45, 2.75) is 0 Å². The summed E-state index contributed by atoms with van der Waals surface area (Å²) in [4.78, 5) is 11.3. The fourth-order valence-corrected chi connectivity index (χ4v) is 1.60. The van der Waals surface area contributed by atoms with Crippen molar-refractivity contribution in [3.63, 3.8) is 0 Å². The number of hydrogen-bond acceptors (Lipinski definition) is 1. The van der Waals surface area contributed by atoms with Crippen LogP contribution in [-0.2, 0) is 0 Å². The first-order valence-electron chi connectivity index (χ1n) is 3.65. The van der Waals surface area contributed by atoms with Gasteiger partial charge in [0.15, 0.2) is 0 Å². The highest BCUT2D eigenvalue weighted by Crippen LogP contribution is 2.15. The topological polar surface area (TPSA) is 21.5 Å². The molecule has 2 rings (SSSR count). The van der Waals surface area contributed by atoms with Crippen LogP contribution in [0.5, 0.6) is 0 Å². The molecule has 0 unspecified atom stereocenters. The van der Waals surface area contributed by atoms with Crippen molar-refractivity contribution in [3.8, 4) is 0 Å². The van der Waals surface area contributed by atoms with Crippen LogP contribution in [0.25, 0.3) is 5.52 Å². The van der Waals surface area contributed by atoms with E-state index < -0.39 is 0 Å². The highest BCUT2D eigenvalue weighted by atomic mass is 79.9. The summed E-state index contributed by atoms with van der Waals surface area (Å²) in [5, 5.41) is 0. The lowest BCUT2D eigenvalue weighted by molar-refractivity contribution is 0.626. The SMILES string of the molecule is O=c1ccc(Br)c2cc(F)ccn12. The molecular weight excluding hydrogens is 237 g/mol. The second-order valence-electron chi connectivity index (χ2n) is 2.62. The Morgan fingerprint density at radius 3 is 2.85 bits per heavy atom. The summed E-state index contributed by atoms with van der Waals surface area (Å²) in [7, 11) is 0. The summed E-state index contributed by atoms with van der Waals surface area (Å²) >= 11 is 3.24. The van der Waals surface area contributed by atoms with E-state index in [9.17, 15) is 9.18 Å². The van der Waals surface area contributed by atoms with Crippen molar-refractivity contribution in [2.75, 3.05) is 0 Å². The number of pyridine rings is 2. The molecule has 66 valence electrons. The predicted molar refractivity (Wildman–Crippen MR) is 51.3 cm³/mol. The molecule has 0 radical (unpaired) electrons. The molecule has 2 aromatic heterocycles. The van der Waals surface area contributed by atoms with Crippen molar-refractivity contribution < 1.29 is 4.39 Å². The fraction of sp³-hybridized carbons (Fsp3) is 0. The van der Waals surface area contributed by atoms with Crippen LogP contribution < -0.4 is 5.56 Å². The number of halogens is 2. The number of hydrogen-bond donors (Lipinski definition) is 0. The summed E-state index contributed by atoms with van der Waals surface area (Å²) in [5.41, 5.74) is 0.366. The summed E-state index contributed by atoms with van der Waals surface area (Å²) in [6.07, 6.45) is 1.41. The van der Waals surface area contributed by atoms with E-state index in [1.54, 1.807) is 6.07 Å². The molecule has 2 heterocycles. The summed E-state index contributed by atoms with van der Waals surface area (Å²) in [6.45, 7) is 0. The largest absolute Gasteiger partial charge is 0.283 e. The molecule has 2 aromatic rings. The average molecular weight is 242 g/mol. The van der Waals surface area contributed by atoms with E-state index in [1.165, 1.54) is 28.8 Å². The predicted octanol–water partition coefficient (Wildman–Crippen LogP) is 2.20. The van der Waals surface area contributed by atoms with Gasteiger partial charge in [0.2, 0.25) is 0 Å². The maximum absolute atomic E-state index is 12.8. The van der Waals surface area contributed by atoms with Gasteiger partial charge >= 0.3 is 0 Å². The van der Waals surface area contributed by atoms with E-state index in [0.717, 1.165) is 0 Å². The van der Waals surface area contributed by atoms with Crippen molar-refractivity contribution in [3.05, 3.63) is 51.1 Å². The molecule has 0 saturated heterocycles. The fourth-order valence-electron chi connectivity index (χ4n) is 1.16. The van der Waals surface area contributed by atoms with Crippen molar-refractivity contribution >= 4 is 21.4 Å². The molecule has 0 amide bonds. The minimum atomic E-state index is -0.355. The Balaban J connectivity index is 3.01. The smallest absolute Gasteiger partial charge is 0.255 e. The monoisotopic (exact) mass is 241 g/mol. The quantitative estimate of drug-likeness (QED) is 0.693. The molecule has 4 heteroatoms. The molecular formula is C9H5BrFNO. The van der Waals surface area contributed by atoms with Gasteiger partial charge in [-0.15, -0.1) is 0 Å². The van der Waals surface area contributed by atoms with Crippen molar-refractivity contribution in [1.29, 1.82) is 0 Å². The molecule has 0 aliphatic carbocycles. The molecule has 0 spiro atoms. The lowest BCUT2D eigenvalue weighted by atomic mass is 10.3. The summed E-state index contributed by atoms with van der Waals surface area (Å²) in [5.74, 6) is -0.355. The van der Waals surface area contributed by atoms with E-state index in [4.69, 9.17) is 0 Å². The zero-order valence-corrected chi connectivity index (χ0v) is 8.08. The normalized spacial score (nSPS) is 10.6. The molecule has 0 atom stereocenters. The van der Waals surface area contributed by atoms with Gasteiger partial charge in [-0.25, -0.2) is 4.39 Å². The van der Waals surface area contributed by atoms with Crippen LogP contribution in [0.1, 0.15) is 0 Å². The zero-order valence-electron chi connectivity index (χ0n) is 6.50. The van der Waals surface area contributed by atoms with Gasteiger partial charge in [-0.1, -0.05) is 0 Å². The molecule has 0 aliphatic rings. The van der Waals surface area contributed by atoms with Gasteiger partial charge in [0, 0.05) is 16.7 Å². The van der Waals surface area contributed by atoms with E-state index in [0.29, 0.717) is 9.99 Å². The molecule has 0 bridgehead atoms. The third-order valence-electron chi connectivity index (χ3n) is 1.77. The van der Waals surface area contributed by atoms with Crippen LogP contribution in [0.15, 0.2) is 39.7 Å². The first-order chi connectivity index (χ1) is 6.18. The van der Waals surface area contributed by atoms with Crippen LogP contribution in [0.4, 0.5) is 4.39 Å². The van der Waals surface area contributed by atoms with Gasteiger partial charge in [0.25, 0.3) is 5.56 Å². The maximum atomic E-state index is 12.8. The molecule has 0 fully saturated rings. The number of aromatic nitrogens is 1. The molecule has 2 nitrogen and oxygen atoms in total. The second-order valence-corrected chi connectivity index (χ2v) is 3.47. The lowest BCUT2D eigenvalue weighted by Crippen LogP contribution is -2.11. The van der Waals surface area contributed by atoms with Gasteiger partial charge in [0.1, 0.15) is 5.82 Å². The lowest BCUT2D eigenvalue weighted by Gasteiger charge is -2.01. The Bertz CT molecular complexity index is 520. The van der Waals surface area contributed by atoms with E-state index >= 15 is 0 Å². The van der Waals surface area contributed by atoms with Crippen LogP contribution in [0.2, 0.25) is 0 Å². The highest BCUT2D eigenvalue weighted by Gasteiger charge is 2.00. The Morgan fingerprint density at radius 2 is 2.08 bits per heavy atom. The highest BCUT2D eigenvalue weighted by molar-refractivity contribution is 9.10. The van der Waals surface area contributed by atoms with Gasteiger partial charge in [0.05, 0.1) is 5.52 Å². The summed E-state index contributed by atoms with van der Waals surface area (Å²) in [6, 6.07) is 5.60. The first-order valence-corrected chi connectivity index (χ1v) is 4.44. The van der Waals surface area contributed by atoms with Gasteiger partial charge in [-0.3, -0.25) is 9.20 Å². The van der Waals surface area contributed by atoms with Crippen molar-refractivity contribution in [2.24, 2.45) is 0 Å². The standard InChI is InChI=1S/C9H5BrFNO/c10-7-1-2-9(13)12-4-3-6(11)5-8(7)12/h1-5H. The molecule has 0 aliphatic heterocycles. The maximum Gasteiger partial charge on any atom is 0.255 e. The Hall–Kier alpha value is -1.16. The average Bonchev–Trinajstić information content (AvgIpc) is 2.12. The number of fused-ring (bicyclic) bond motifs is 1. The Kier molecular flexibility index (Phi) is 1.92. The van der Waals surface area contributed by atoms with E-state index in [2.05, 4.69) is 15.9 Å². The Morgan fingerprint density at radius 1 is 1.31 bits per heavy atom. The number of nitrogens with zero attached hydrogens (tertiary/aromatic N) is 1. The van der Waals surface area contributed by atoms with Crippen LogP contribution in [0, 0.1) is 5.82 Å². The second kappa shape index (κ2) is 2.96. The van der Waals surface area contributed by atoms with Gasteiger partial charge in [-0.2, -0.15) is 0 Å². The number of rotatable bonds is 0. The van der Waals surface area contributed by atoms with Crippen molar-refractivity contribution in [1.82, 2.24) is 4.40 Å². The van der Waals surface area contributed by atoms with E-state index in [-0.39, 0.29) is 11.4 Å². The van der Waals surface area contributed by atoms with Crippen LogP contribution >= 0.6 is 15.9 Å². The Labute approximate surface area is 81.8 Å². The zero-order chi connectivity index (χ0) is 9.42. The van der Waals surface area contributed by atoms with E-state index in [1.807, 2.05) is 0 Å². The summed E-state index contributed by atoms with van der Waals surface area (Å²) < 4.78 is 14.9. The van der Waals surface area contributed by atoms with Gasteiger partial charge < -0.3 is 0 Å². The molecule has 0 aromatic carbocycles. The van der Waals surface area contributed by atoms with Crippen LogP contribution in [0.3, 0.4) is 0 Å².